The normalized spacial score (nSPS) is 15.8. The highest BCUT2D eigenvalue weighted by molar-refractivity contribution is 5.95. The minimum atomic E-state index is -0.248. The molecule has 1 aromatic rings. The molecule has 2 rings (SSSR count). The van der Waals surface area contributed by atoms with Gasteiger partial charge in [-0.05, 0) is 6.92 Å². The van der Waals surface area contributed by atoms with Crippen LogP contribution in [-0.2, 0) is 4.79 Å². The SMILES string of the molecule is Cc1cnc(C(=O)N2CCNC(=O)C2)cn1. The zero-order valence-electron chi connectivity index (χ0n) is 8.93. The summed E-state index contributed by atoms with van der Waals surface area (Å²) in [5, 5.41) is 2.66. The van der Waals surface area contributed by atoms with Gasteiger partial charge >= 0.3 is 0 Å². The molecule has 6 nitrogen and oxygen atoms in total. The second kappa shape index (κ2) is 4.26. The molecule has 2 heterocycles. The Morgan fingerprint density at radius 3 is 2.88 bits per heavy atom. The maximum Gasteiger partial charge on any atom is 0.274 e. The molecule has 84 valence electrons. The van der Waals surface area contributed by atoms with Crippen molar-refractivity contribution >= 4 is 11.8 Å². The van der Waals surface area contributed by atoms with Crippen LogP contribution in [0.4, 0.5) is 0 Å². The number of nitrogens with zero attached hydrogens (tertiary/aromatic N) is 3. The molecule has 2 amide bonds. The molecule has 1 aliphatic rings. The van der Waals surface area contributed by atoms with Crippen molar-refractivity contribution in [3.63, 3.8) is 0 Å². The number of hydrogen-bond acceptors (Lipinski definition) is 4. The van der Waals surface area contributed by atoms with Crippen LogP contribution in [0.15, 0.2) is 12.4 Å². The molecule has 0 atom stereocenters. The number of aryl methyl sites for hydroxylation is 1. The monoisotopic (exact) mass is 220 g/mol. The Kier molecular flexibility index (Phi) is 2.80. The van der Waals surface area contributed by atoms with Gasteiger partial charge in [-0.2, -0.15) is 0 Å². The van der Waals surface area contributed by atoms with Crippen LogP contribution in [0.3, 0.4) is 0 Å². The van der Waals surface area contributed by atoms with Crippen LogP contribution in [0.1, 0.15) is 16.2 Å². The number of hydrogen-bond donors (Lipinski definition) is 1. The van der Waals surface area contributed by atoms with Crippen molar-refractivity contribution in [2.75, 3.05) is 19.6 Å². The van der Waals surface area contributed by atoms with Crippen molar-refractivity contribution < 1.29 is 9.59 Å². The maximum absolute atomic E-state index is 11.9. The third-order valence-electron chi connectivity index (χ3n) is 2.33. The van der Waals surface area contributed by atoms with E-state index in [1.54, 1.807) is 6.92 Å². The molecule has 16 heavy (non-hydrogen) atoms. The summed E-state index contributed by atoms with van der Waals surface area (Å²) < 4.78 is 0. The smallest absolute Gasteiger partial charge is 0.274 e. The van der Waals surface area contributed by atoms with Crippen LogP contribution in [0.25, 0.3) is 0 Å². The summed E-state index contributed by atoms with van der Waals surface area (Å²) >= 11 is 0. The lowest BCUT2D eigenvalue weighted by Gasteiger charge is -2.26. The number of piperazine rings is 1. The molecule has 6 heteroatoms. The highest BCUT2D eigenvalue weighted by atomic mass is 16.2. The topological polar surface area (TPSA) is 75.2 Å². The molecule has 0 radical (unpaired) electrons. The number of carbonyl (C=O) groups is 2. The molecule has 0 aromatic carbocycles. The van der Waals surface area contributed by atoms with Crippen LogP contribution in [0, 0.1) is 6.92 Å². The molecule has 1 aromatic heterocycles. The number of amides is 2. The highest BCUT2D eigenvalue weighted by Crippen LogP contribution is 2.02. The van der Waals surface area contributed by atoms with Gasteiger partial charge in [-0.25, -0.2) is 4.98 Å². The number of aromatic nitrogens is 2. The molecule has 1 fully saturated rings. The van der Waals surface area contributed by atoms with Gasteiger partial charge in [-0.15, -0.1) is 0 Å². The molecule has 0 unspecified atom stereocenters. The van der Waals surface area contributed by atoms with Gasteiger partial charge in [-0.3, -0.25) is 14.6 Å². The van der Waals surface area contributed by atoms with Gasteiger partial charge in [0.25, 0.3) is 5.91 Å². The molecular formula is C10H12N4O2. The fourth-order valence-corrected chi connectivity index (χ4v) is 1.48. The first kappa shape index (κ1) is 10.5. The van der Waals surface area contributed by atoms with Gasteiger partial charge in [0.05, 0.1) is 18.4 Å². The summed E-state index contributed by atoms with van der Waals surface area (Å²) in [6.45, 7) is 2.90. The summed E-state index contributed by atoms with van der Waals surface area (Å²) in [5.74, 6) is -0.387. The minimum Gasteiger partial charge on any atom is -0.353 e. The van der Waals surface area contributed by atoms with E-state index in [0.29, 0.717) is 13.1 Å². The van der Waals surface area contributed by atoms with Crippen LogP contribution in [-0.4, -0.2) is 46.3 Å². The van der Waals surface area contributed by atoms with Crippen molar-refractivity contribution in [1.82, 2.24) is 20.2 Å². The molecule has 1 aliphatic heterocycles. The zero-order valence-corrected chi connectivity index (χ0v) is 8.93. The summed E-state index contributed by atoms with van der Waals surface area (Å²) in [4.78, 5) is 32.5. The molecule has 0 spiro atoms. The Bertz CT molecular complexity index is 415. The van der Waals surface area contributed by atoms with E-state index in [1.807, 2.05) is 0 Å². The molecule has 0 saturated carbocycles. The molecule has 1 saturated heterocycles. The lowest BCUT2D eigenvalue weighted by atomic mass is 10.3. The van der Waals surface area contributed by atoms with Crippen LogP contribution < -0.4 is 5.32 Å². The van der Waals surface area contributed by atoms with Crippen LogP contribution in [0.2, 0.25) is 0 Å². The van der Waals surface area contributed by atoms with Gasteiger partial charge in [-0.1, -0.05) is 0 Å². The van der Waals surface area contributed by atoms with Gasteiger partial charge in [0.2, 0.25) is 5.91 Å². The summed E-state index contributed by atoms with van der Waals surface area (Å²) in [5.41, 5.74) is 1.04. The largest absolute Gasteiger partial charge is 0.353 e. The van der Waals surface area contributed by atoms with Gasteiger partial charge in [0.1, 0.15) is 5.69 Å². The fourth-order valence-electron chi connectivity index (χ4n) is 1.48. The van der Waals surface area contributed by atoms with E-state index in [2.05, 4.69) is 15.3 Å². The predicted octanol–water partition coefficient (Wildman–Crippen LogP) is -0.643. The second-order valence-corrected chi connectivity index (χ2v) is 3.62. The lowest BCUT2D eigenvalue weighted by Crippen LogP contribution is -2.50. The Hall–Kier alpha value is -1.98. The predicted molar refractivity (Wildman–Crippen MR) is 55.7 cm³/mol. The van der Waals surface area contributed by atoms with E-state index in [-0.39, 0.29) is 24.1 Å². The summed E-state index contributed by atoms with van der Waals surface area (Å²) in [7, 11) is 0. The lowest BCUT2D eigenvalue weighted by molar-refractivity contribution is -0.123. The fraction of sp³-hybridized carbons (Fsp3) is 0.400. The van der Waals surface area contributed by atoms with Crippen molar-refractivity contribution in [3.8, 4) is 0 Å². The Labute approximate surface area is 92.7 Å². The minimum absolute atomic E-state index is 0.0917. The average Bonchev–Trinajstić information content (AvgIpc) is 2.29. The van der Waals surface area contributed by atoms with Crippen LogP contribution >= 0.6 is 0 Å². The van der Waals surface area contributed by atoms with Crippen LogP contribution in [0.5, 0.6) is 0 Å². The van der Waals surface area contributed by atoms with Crippen molar-refractivity contribution in [2.45, 2.75) is 6.92 Å². The third kappa shape index (κ3) is 2.16. The van der Waals surface area contributed by atoms with E-state index >= 15 is 0 Å². The first-order chi connectivity index (χ1) is 7.66. The van der Waals surface area contributed by atoms with E-state index in [4.69, 9.17) is 0 Å². The maximum atomic E-state index is 11.9. The summed E-state index contributed by atoms with van der Waals surface area (Å²) in [6.07, 6.45) is 2.97. The van der Waals surface area contributed by atoms with Crippen molar-refractivity contribution in [2.24, 2.45) is 0 Å². The molecular weight excluding hydrogens is 208 g/mol. The second-order valence-electron chi connectivity index (χ2n) is 3.62. The number of nitrogens with one attached hydrogen (secondary N) is 1. The third-order valence-corrected chi connectivity index (χ3v) is 2.33. The highest BCUT2D eigenvalue weighted by Gasteiger charge is 2.23. The Morgan fingerprint density at radius 2 is 2.25 bits per heavy atom. The molecule has 1 N–H and O–H groups in total. The first-order valence-electron chi connectivity index (χ1n) is 5.01. The van der Waals surface area contributed by atoms with E-state index in [9.17, 15) is 9.59 Å². The Morgan fingerprint density at radius 1 is 1.44 bits per heavy atom. The quantitative estimate of drug-likeness (QED) is 0.683. The number of rotatable bonds is 1. The van der Waals surface area contributed by atoms with Crippen molar-refractivity contribution in [1.29, 1.82) is 0 Å². The van der Waals surface area contributed by atoms with Crippen molar-refractivity contribution in [3.05, 3.63) is 23.8 Å². The standard InChI is InChI=1S/C10H12N4O2/c1-7-4-13-8(5-12-7)10(16)14-3-2-11-9(15)6-14/h4-5H,2-3,6H2,1H3,(H,11,15). The molecule has 0 aliphatic carbocycles. The first-order valence-corrected chi connectivity index (χ1v) is 5.01. The summed E-state index contributed by atoms with van der Waals surface area (Å²) in [6, 6.07) is 0. The zero-order chi connectivity index (χ0) is 11.5. The Balaban J connectivity index is 2.12. The van der Waals surface area contributed by atoms with Gasteiger partial charge in [0, 0.05) is 19.3 Å². The van der Waals surface area contributed by atoms with E-state index in [0.717, 1.165) is 5.69 Å². The van der Waals surface area contributed by atoms with Gasteiger partial charge in [0.15, 0.2) is 0 Å². The molecule has 0 bridgehead atoms. The van der Waals surface area contributed by atoms with E-state index in [1.165, 1.54) is 17.3 Å². The van der Waals surface area contributed by atoms with Gasteiger partial charge < -0.3 is 10.2 Å². The number of carbonyl (C=O) groups excluding carboxylic acids is 2. The average molecular weight is 220 g/mol. The van der Waals surface area contributed by atoms with E-state index < -0.39 is 0 Å².